The second-order valence-electron chi connectivity index (χ2n) is 7.02. The summed E-state index contributed by atoms with van der Waals surface area (Å²) in [5, 5.41) is 2.66. The van der Waals surface area contributed by atoms with E-state index in [-0.39, 0.29) is 35.1 Å². The quantitative estimate of drug-likeness (QED) is 0.762. The van der Waals surface area contributed by atoms with Crippen LogP contribution in [0.1, 0.15) is 27.9 Å². The number of fused-ring (bicyclic) bond motifs is 2. The van der Waals surface area contributed by atoms with Crippen LogP contribution in [0.15, 0.2) is 30.6 Å². The number of nitrogens with zero attached hydrogens (tertiary/aromatic N) is 3. The van der Waals surface area contributed by atoms with Crippen LogP contribution in [0.5, 0.6) is 0 Å². The molecule has 1 aromatic heterocycles. The molecule has 6 nitrogen and oxygen atoms in total. The van der Waals surface area contributed by atoms with Crippen LogP contribution in [0.25, 0.3) is 0 Å². The Morgan fingerprint density at radius 1 is 1.31 bits per heavy atom. The van der Waals surface area contributed by atoms with Crippen molar-refractivity contribution in [1.82, 2.24) is 14.9 Å². The van der Waals surface area contributed by atoms with E-state index in [0.29, 0.717) is 0 Å². The molecule has 0 radical (unpaired) electrons. The van der Waals surface area contributed by atoms with E-state index in [9.17, 15) is 27.2 Å². The number of halogens is 5. The minimum absolute atomic E-state index is 0.00694. The molecule has 1 unspecified atom stereocenters. The van der Waals surface area contributed by atoms with E-state index in [4.69, 9.17) is 11.6 Å². The number of nitrogens with one attached hydrogen (secondary N) is 1. The van der Waals surface area contributed by atoms with Gasteiger partial charge < -0.3 is 4.90 Å². The molecule has 0 saturated heterocycles. The SMILES string of the molecule is O=C(CN1CC2(C[C@@H]2F)c2cc(C(F)(F)F)ccc2C1=O)Nc1ncc(Cl)cn1. The van der Waals surface area contributed by atoms with Crippen LogP contribution in [-0.4, -0.2) is 45.9 Å². The van der Waals surface area contributed by atoms with Gasteiger partial charge in [0.2, 0.25) is 11.9 Å². The predicted octanol–water partition coefficient (Wildman–Crippen LogP) is 3.22. The topological polar surface area (TPSA) is 75.2 Å². The first-order valence-electron chi connectivity index (χ1n) is 8.53. The number of carbonyl (C=O) groups excluding carboxylic acids is 2. The monoisotopic (exact) mass is 428 g/mol. The minimum Gasteiger partial charge on any atom is -0.328 e. The molecule has 2 heterocycles. The number of amides is 2. The number of carbonyl (C=O) groups is 2. The first kappa shape index (κ1) is 19.6. The largest absolute Gasteiger partial charge is 0.416 e. The average Bonchev–Trinajstić information content (AvgIpc) is 3.30. The zero-order valence-corrected chi connectivity index (χ0v) is 15.4. The first-order chi connectivity index (χ1) is 13.6. The fourth-order valence-electron chi connectivity index (χ4n) is 3.53. The van der Waals surface area contributed by atoms with Crippen LogP contribution in [0.3, 0.4) is 0 Å². The molecule has 2 aliphatic rings. The van der Waals surface area contributed by atoms with E-state index in [1.807, 2.05) is 0 Å². The molecule has 4 rings (SSSR count). The Balaban J connectivity index is 1.58. The standard InChI is InChI=1S/C18H13ClF4N4O2/c19-10-5-24-16(25-6-10)26-14(28)7-27-8-17(4-13(17)20)12-3-9(18(21,22)23)1-2-11(12)15(27)29/h1-3,5-6,13H,4,7-8H2,(H,24,25,26,28)/t13-,17?/m0/s1. The normalized spacial score (nSPS) is 23.1. The summed E-state index contributed by atoms with van der Waals surface area (Å²) in [6, 6.07) is 2.66. The van der Waals surface area contributed by atoms with Crippen molar-refractivity contribution in [3.05, 3.63) is 52.3 Å². The van der Waals surface area contributed by atoms with Gasteiger partial charge >= 0.3 is 6.18 Å². The summed E-state index contributed by atoms with van der Waals surface area (Å²) in [6.45, 7) is -0.601. The highest BCUT2D eigenvalue weighted by Crippen LogP contribution is 2.55. The predicted molar refractivity (Wildman–Crippen MR) is 94.2 cm³/mol. The van der Waals surface area contributed by atoms with Crippen molar-refractivity contribution in [2.45, 2.75) is 24.2 Å². The van der Waals surface area contributed by atoms with E-state index in [2.05, 4.69) is 15.3 Å². The molecule has 1 fully saturated rings. The van der Waals surface area contributed by atoms with E-state index in [1.54, 1.807) is 0 Å². The highest BCUT2D eigenvalue weighted by molar-refractivity contribution is 6.30. The molecule has 1 saturated carbocycles. The van der Waals surface area contributed by atoms with Crippen molar-refractivity contribution >= 4 is 29.4 Å². The number of alkyl halides is 4. The molecule has 2 amide bonds. The number of hydrogen-bond acceptors (Lipinski definition) is 4. The Bertz CT molecular complexity index is 998. The molecule has 1 spiro atoms. The van der Waals surface area contributed by atoms with E-state index < -0.39 is 41.7 Å². The van der Waals surface area contributed by atoms with Crippen LogP contribution < -0.4 is 5.32 Å². The second kappa shape index (κ2) is 6.65. The molecule has 1 aliphatic heterocycles. The third-order valence-corrected chi connectivity index (χ3v) is 5.26. The van der Waals surface area contributed by atoms with E-state index in [0.717, 1.165) is 23.1 Å². The maximum Gasteiger partial charge on any atom is 0.416 e. The molecule has 11 heteroatoms. The van der Waals surface area contributed by atoms with Gasteiger partial charge in [0.15, 0.2) is 0 Å². The van der Waals surface area contributed by atoms with Crippen LogP contribution in [0, 0.1) is 0 Å². The lowest BCUT2D eigenvalue weighted by molar-refractivity contribution is -0.137. The van der Waals surface area contributed by atoms with Crippen molar-refractivity contribution in [1.29, 1.82) is 0 Å². The van der Waals surface area contributed by atoms with Gasteiger partial charge in [0.1, 0.15) is 12.7 Å². The Morgan fingerprint density at radius 2 is 1.97 bits per heavy atom. The third-order valence-electron chi connectivity index (χ3n) is 5.06. The zero-order chi connectivity index (χ0) is 21.0. The number of hydrogen-bond donors (Lipinski definition) is 1. The summed E-state index contributed by atoms with van der Waals surface area (Å²) >= 11 is 5.67. The average molecular weight is 429 g/mol. The molecule has 2 atom stereocenters. The lowest BCUT2D eigenvalue weighted by atomic mass is 9.85. The minimum atomic E-state index is -4.60. The summed E-state index contributed by atoms with van der Waals surface area (Å²) in [5.74, 6) is -1.28. The number of aromatic nitrogens is 2. The molecule has 1 N–H and O–H groups in total. The molecule has 152 valence electrons. The molecule has 1 aromatic carbocycles. The van der Waals surface area contributed by atoms with Gasteiger partial charge in [-0.2, -0.15) is 13.2 Å². The summed E-state index contributed by atoms with van der Waals surface area (Å²) < 4.78 is 53.4. The lowest BCUT2D eigenvalue weighted by Gasteiger charge is -2.34. The third kappa shape index (κ3) is 3.52. The Kier molecular flexibility index (Phi) is 4.49. The van der Waals surface area contributed by atoms with Gasteiger partial charge in [-0.25, -0.2) is 14.4 Å². The summed E-state index contributed by atoms with van der Waals surface area (Å²) in [4.78, 5) is 33.7. The van der Waals surface area contributed by atoms with Crippen molar-refractivity contribution < 1.29 is 27.2 Å². The Hall–Kier alpha value is -2.75. The van der Waals surface area contributed by atoms with Gasteiger partial charge in [0, 0.05) is 17.5 Å². The molecule has 29 heavy (non-hydrogen) atoms. The van der Waals surface area contributed by atoms with Crippen LogP contribution >= 0.6 is 11.6 Å². The first-order valence-corrected chi connectivity index (χ1v) is 8.90. The van der Waals surface area contributed by atoms with Crippen molar-refractivity contribution in [2.24, 2.45) is 0 Å². The Morgan fingerprint density at radius 3 is 2.55 bits per heavy atom. The second-order valence-corrected chi connectivity index (χ2v) is 7.46. The smallest absolute Gasteiger partial charge is 0.328 e. The fraction of sp³-hybridized carbons (Fsp3) is 0.333. The van der Waals surface area contributed by atoms with Gasteiger partial charge in [-0.1, -0.05) is 11.6 Å². The van der Waals surface area contributed by atoms with Crippen molar-refractivity contribution in [3.8, 4) is 0 Å². The zero-order valence-electron chi connectivity index (χ0n) is 14.6. The van der Waals surface area contributed by atoms with Gasteiger partial charge in [-0.15, -0.1) is 0 Å². The molecule has 1 aliphatic carbocycles. The van der Waals surface area contributed by atoms with E-state index >= 15 is 0 Å². The summed E-state index contributed by atoms with van der Waals surface area (Å²) in [6.07, 6.45) is -3.44. The Labute approximate surface area is 166 Å². The van der Waals surface area contributed by atoms with Gasteiger partial charge in [-0.05, 0) is 30.2 Å². The van der Waals surface area contributed by atoms with Crippen molar-refractivity contribution in [3.63, 3.8) is 0 Å². The molecule has 2 aromatic rings. The number of anilines is 1. The maximum atomic E-state index is 14.2. The highest BCUT2D eigenvalue weighted by Gasteiger charge is 2.61. The van der Waals surface area contributed by atoms with Gasteiger partial charge in [-0.3, -0.25) is 14.9 Å². The van der Waals surface area contributed by atoms with Crippen LogP contribution in [0.2, 0.25) is 5.02 Å². The van der Waals surface area contributed by atoms with Gasteiger partial charge in [0.25, 0.3) is 5.91 Å². The maximum absolute atomic E-state index is 14.2. The molecule has 0 bridgehead atoms. The number of benzene rings is 1. The lowest BCUT2D eigenvalue weighted by Crippen LogP contribution is -2.47. The van der Waals surface area contributed by atoms with E-state index in [1.165, 1.54) is 12.4 Å². The molecular formula is C18H13ClF4N4O2. The summed E-state index contributed by atoms with van der Waals surface area (Å²) in [7, 11) is 0. The summed E-state index contributed by atoms with van der Waals surface area (Å²) in [5.41, 5.74) is -2.14. The molecular weight excluding hydrogens is 416 g/mol. The highest BCUT2D eigenvalue weighted by atomic mass is 35.5. The van der Waals surface area contributed by atoms with Crippen LogP contribution in [-0.2, 0) is 16.4 Å². The fourth-order valence-corrected chi connectivity index (χ4v) is 3.63. The number of rotatable bonds is 3. The van der Waals surface area contributed by atoms with Gasteiger partial charge in [0.05, 0.1) is 23.0 Å². The van der Waals surface area contributed by atoms with Crippen LogP contribution in [0.4, 0.5) is 23.5 Å². The van der Waals surface area contributed by atoms with Crippen molar-refractivity contribution in [2.75, 3.05) is 18.4 Å².